The highest BCUT2D eigenvalue weighted by Gasteiger charge is 2.57. The quantitative estimate of drug-likeness (QED) is 0.319. The third-order valence-electron chi connectivity index (χ3n) is 5.73. The van der Waals surface area contributed by atoms with Gasteiger partial charge in [0.2, 0.25) is 5.60 Å². The van der Waals surface area contributed by atoms with Crippen LogP contribution < -0.4 is 0 Å². The number of carbonyl (C=O) groups is 1. The SMILES string of the molecule is C=CCn1cc(C(O)(c2ccc3c(cnn3-c3ccc(F)cc3)c2)C(F)(F)F)cc1C(=O)N(C)C. The molecule has 1 amide bonds. The summed E-state index contributed by atoms with van der Waals surface area (Å²) in [4.78, 5) is 13.8. The van der Waals surface area contributed by atoms with Crippen molar-refractivity contribution in [3.63, 3.8) is 0 Å². The van der Waals surface area contributed by atoms with Crippen molar-refractivity contribution in [3.05, 3.63) is 96.2 Å². The molecule has 0 saturated heterocycles. The molecule has 2 aromatic carbocycles. The minimum atomic E-state index is -5.10. The summed E-state index contributed by atoms with van der Waals surface area (Å²) in [6.07, 6.45) is -1.19. The number of aliphatic hydroxyl groups is 1. The van der Waals surface area contributed by atoms with Crippen molar-refractivity contribution in [1.82, 2.24) is 19.2 Å². The summed E-state index contributed by atoms with van der Waals surface area (Å²) >= 11 is 0. The van der Waals surface area contributed by atoms with Gasteiger partial charge >= 0.3 is 6.18 Å². The van der Waals surface area contributed by atoms with Gasteiger partial charge in [0.1, 0.15) is 11.5 Å². The molecule has 6 nitrogen and oxygen atoms in total. The third kappa shape index (κ3) is 4.10. The van der Waals surface area contributed by atoms with Gasteiger partial charge in [-0.3, -0.25) is 4.79 Å². The topological polar surface area (TPSA) is 63.3 Å². The zero-order chi connectivity index (χ0) is 25.5. The molecule has 35 heavy (non-hydrogen) atoms. The van der Waals surface area contributed by atoms with E-state index in [9.17, 15) is 27.5 Å². The molecule has 2 aromatic heterocycles. The fraction of sp³-hybridized carbons (Fsp3) is 0.200. The Balaban J connectivity index is 1.87. The van der Waals surface area contributed by atoms with Gasteiger partial charge in [0.15, 0.2) is 0 Å². The first-order valence-corrected chi connectivity index (χ1v) is 10.5. The Morgan fingerprint density at radius 1 is 1.11 bits per heavy atom. The lowest BCUT2D eigenvalue weighted by Crippen LogP contribution is -2.43. The van der Waals surface area contributed by atoms with Gasteiger partial charge in [-0.1, -0.05) is 12.1 Å². The summed E-state index contributed by atoms with van der Waals surface area (Å²) in [5.74, 6) is -0.947. The van der Waals surface area contributed by atoms with E-state index >= 15 is 0 Å². The van der Waals surface area contributed by atoms with Crippen molar-refractivity contribution in [3.8, 4) is 5.69 Å². The smallest absolute Gasteiger partial charge is 0.372 e. The zero-order valence-electron chi connectivity index (χ0n) is 18.9. The molecular formula is C25H22F4N4O2. The number of halogens is 4. The molecule has 0 aliphatic rings. The van der Waals surface area contributed by atoms with Crippen LogP contribution in [0.15, 0.2) is 73.6 Å². The standard InChI is InChI=1S/C25H22F4N4O2/c1-4-11-32-15-18(13-22(32)23(34)31(2)3)24(35,25(27,28)29)17-5-10-21-16(12-17)14-30-33(21)20-8-6-19(26)7-9-20/h4-10,12-15,35H,1,11H2,2-3H3. The molecule has 1 atom stereocenters. The molecule has 0 saturated carbocycles. The van der Waals surface area contributed by atoms with Gasteiger partial charge < -0.3 is 14.6 Å². The van der Waals surface area contributed by atoms with Gasteiger partial charge in [-0.05, 0) is 48.0 Å². The van der Waals surface area contributed by atoms with E-state index in [2.05, 4.69) is 11.7 Å². The number of fused-ring (bicyclic) bond motifs is 1. The van der Waals surface area contributed by atoms with Gasteiger partial charge in [0, 0.05) is 37.8 Å². The average molecular weight is 486 g/mol. The maximum Gasteiger partial charge on any atom is 0.425 e. The number of carbonyl (C=O) groups excluding carboxylic acids is 1. The summed E-state index contributed by atoms with van der Waals surface area (Å²) in [6, 6.07) is 10.3. The number of allylic oxidation sites excluding steroid dienone is 1. The first kappa shape index (κ1) is 24.2. The fourth-order valence-corrected chi connectivity index (χ4v) is 3.95. The molecule has 1 unspecified atom stereocenters. The normalized spacial score (nSPS) is 13.6. The van der Waals surface area contributed by atoms with Gasteiger partial charge in [-0.15, -0.1) is 6.58 Å². The molecule has 0 fully saturated rings. The maximum absolute atomic E-state index is 14.4. The second-order valence-electron chi connectivity index (χ2n) is 8.27. The van der Waals surface area contributed by atoms with Crippen molar-refractivity contribution < 1.29 is 27.5 Å². The van der Waals surface area contributed by atoms with Gasteiger partial charge in [-0.2, -0.15) is 18.3 Å². The minimum absolute atomic E-state index is 0.0159. The number of aromatic nitrogens is 3. The van der Waals surface area contributed by atoms with Gasteiger partial charge in [0.05, 0.1) is 17.4 Å². The van der Waals surface area contributed by atoms with Crippen molar-refractivity contribution in [2.24, 2.45) is 0 Å². The molecular weight excluding hydrogens is 464 g/mol. The summed E-state index contributed by atoms with van der Waals surface area (Å²) in [6.45, 7) is 3.66. The van der Waals surface area contributed by atoms with Crippen LogP contribution in [0.4, 0.5) is 17.6 Å². The van der Waals surface area contributed by atoms with Crippen molar-refractivity contribution in [2.75, 3.05) is 14.1 Å². The van der Waals surface area contributed by atoms with Crippen molar-refractivity contribution in [2.45, 2.75) is 18.3 Å². The Hall–Kier alpha value is -3.92. The van der Waals surface area contributed by atoms with Gasteiger partial charge in [-0.25, -0.2) is 9.07 Å². The van der Waals surface area contributed by atoms with Crippen molar-refractivity contribution in [1.29, 1.82) is 0 Å². The fourth-order valence-electron chi connectivity index (χ4n) is 3.95. The zero-order valence-corrected chi connectivity index (χ0v) is 18.9. The van der Waals surface area contributed by atoms with Crippen LogP contribution in [0.25, 0.3) is 16.6 Å². The van der Waals surface area contributed by atoms with Crippen LogP contribution in [0.3, 0.4) is 0 Å². The predicted octanol–water partition coefficient (Wildman–Crippen LogP) is 4.65. The molecule has 0 radical (unpaired) electrons. The molecule has 0 spiro atoms. The number of benzene rings is 2. The predicted molar refractivity (Wildman–Crippen MR) is 123 cm³/mol. The lowest BCUT2D eigenvalue weighted by molar-refractivity contribution is -0.248. The van der Waals surface area contributed by atoms with Crippen LogP contribution in [0.1, 0.15) is 21.6 Å². The molecule has 4 aromatic rings. The number of amides is 1. The first-order chi connectivity index (χ1) is 16.5. The van der Waals surface area contributed by atoms with E-state index in [-0.39, 0.29) is 12.2 Å². The Labute approximate surface area is 198 Å². The highest BCUT2D eigenvalue weighted by Crippen LogP contribution is 2.45. The Bertz CT molecular complexity index is 1400. The molecule has 0 bridgehead atoms. The number of nitrogens with zero attached hydrogens (tertiary/aromatic N) is 4. The van der Waals surface area contributed by atoms with E-state index in [1.807, 2.05) is 0 Å². The van der Waals surface area contributed by atoms with Crippen LogP contribution in [0, 0.1) is 5.82 Å². The van der Waals surface area contributed by atoms with E-state index in [4.69, 9.17) is 0 Å². The molecule has 2 heterocycles. The number of hydrogen-bond acceptors (Lipinski definition) is 3. The van der Waals surface area contributed by atoms with Crippen LogP contribution in [-0.4, -0.2) is 50.5 Å². The highest BCUT2D eigenvalue weighted by molar-refractivity contribution is 5.93. The van der Waals surface area contributed by atoms with Crippen LogP contribution in [0.2, 0.25) is 0 Å². The second-order valence-corrected chi connectivity index (χ2v) is 8.27. The van der Waals surface area contributed by atoms with Crippen LogP contribution >= 0.6 is 0 Å². The van der Waals surface area contributed by atoms with E-state index < -0.39 is 34.6 Å². The molecule has 10 heteroatoms. The molecule has 0 aliphatic heterocycles. The molecule has 1 N–H and O–H groups in total. The molecule has 0 aliphatic carbocycles. The average Bonchev–Trinajstić information content (AvgIpc) is 3.42. The van der Waals surface area contributed by atoms with E-state index in [0.717, 1.165) is 18.3 Å². The maximum atomic E-state index is 14.4. The third-order valence-corrected chi connectivity index (χ3v) is 5.73. The molecule has 182 valence electrons. The monoisotopic (exact) mass is 486 g/mol. The lowest BCUT2D eigenvalue weighted by atomic mass is 9.86. The lowest BCUT2D eigenvalue weighted by Gasteiger charge is -2.30. The van der Waals surface area contributed by atoms with Crippen LogP contribution in [-0.2, 0) is 12.1 Å². The summed E-state index contributed by atoms with van der Waals surface area (Å²) < 4.78 is 59.4. The van der Waals surface area contributed by atoms with E-state index in [1.165, 1.54) is 76.9 Å². The second kappa shape index (κ2) is 8.70. The number of rotatable bonds is 6. The Morgan fingerprint density at radius 2 is 1.80 bits per heavy atom. The van der Waals surface area contributed by atoms with E-state index in [1.54, 1.807) is 0 Å². The molecule has 4 rings (SSSR count). The summed E-state index contributed by atoms with van der Waals surface area (Å²) in [7, 11) is 2.96. The first-order valence-electron chi connectivity index (χ1n) is 10.5. The van der Waals surface area contributed by atoms with Crippen LogP contribution in [0.5, 0.6) is 0 Å². The van der Waals surface area contributed by atoms with Gasteiger partial charge in [0.25, 0.3) is 5.91 Å². The number of hydrogen-bond donors (Lipinski definition) is 1. The summed E-state index contributed by atoms with van der Waals surface area (Å²) in [5, 5.41) is 15.7. The summed E-state index contributed by atoms with van der Waals surface area (Å²) in [5.41, 5.74) is -3.35. The Morgan fingerprint density at radius 3 is 2.40 bits per heavy atom. The minimum Gasteiger partial charge on any atom is -0.372 e. The Kier molecular flexibility index (Phi) is 6.02. The van der Waals surface area contributed by atoms with E-state index in [0.29, 0.717) is 16.6 Å². The van der Waals surface area contributed by atoms with Crippen molar-refractivity contribution >= 4 is 16.8 Å². The largest absolute Gasteiger partial charge is 0.425 e. The highest BCUT2D eigenvalue weighted by atomic mass is 19.4. The number of alkyl halides is 3.